The number of pyridine rings is 1. The first-order chi connectivity index (χ1) is 11.6. The summed E-state index contributed by atoms with van der Waals surface area (Å²) in [4.78, 5) is 16.9. The number of amides is 1. The molecule has 0 bridgehead atoms. The highest BCUT2D eigenvalue weighted by molar-refractivity contribution is 5.98. The van der Waals surface area contributed by atoms with E-state index in [9.17, 15) is 4.79 Å². The second-order valence-corrected chi connectivity index (χ2v) is 6.36. The summed E-state index contributed by atoms with van der Waals surface area (Å²) < 4.78 is 0. The number of anilines is 1. The van der Waals surface area contributed by atoms with Gasteiger partial charge in [-0.3, -0.25) is 4.79 Å². The first-order valence-electron chi connectivity index (χ1n) is 8.46. The van der Waals surface area contributed by atoms with Crippen molar-refractivity contribution in [2.24, 2.45) is 0 Å². The lowest BCUT2D eigenvalue weighted by Crippen LogP contribution is -2.39. The van der Waals surface area contributed by atoms with Gasteiger partial charge in [0.15, 0.2) is 0 Å². The van der Waals surface area contributed by atoms with Crippen LogP contribution in [0.1, 0.15) is 41.4 Å². The minimum Gasteiger partial charge on any atom is -0.367 e. The zero-order valence-electron chi connectivity index (χ0n) is 15.0. The summed E-state index contributed by atoms with van der Waals surface area (Å²) in [5.74, 6) is 0.526. The van der Waals surface area contributed by atoms with Crippen molar-refractivity contribution in [3.05, 3.63) is 59.3 Å². The number of carbonyl (C=O) groups excluding carboxylic acids is 1. The molecule has 0 radical (unpaired) electrons. The third kappa shape index (κ3) is 5.34. The molecule has 1 aliphatic rings. The fourth-order valence-electron chi connectivity index (χ4n) is 3.04. The molecule has 1 aromatic carbocycles. The molecule has 3 N–H and O–H groups in total. The number of benzene rings is 1. The van der Waals surface area contributed by atoms with Crippen LogP contribution in [0.4, 0.5) is 5.82 Å². The Balaban J connectivity index is 0.00000169. The van der Waals surface area contributed by atoms with Crippen LogP contribution in [0.15, 0.2) is 42.6 Å². The third-order valence-electron chi connectivity index (χ3n) is 4.16. The quantitative estimate of drug-likeness (QED) is 0.724. The monoisotopic (exact) mass is 396 g/mol. The Hall–Kier alpha value is -1.82. The number of aromatic nitrogens is 1. The van der Waals surface area contributed by atoms with Crippen LogP contribution >= 0.6 is 24.8 Å². The smallest absolute Gasteiger partial charge is 0.255 e. The van der Waals surface area contributed by atoms with Crippen LogP contribution < -0.4 is 16.0 Å². The maximum atomic E-state index is 12.6. The second-order valence-electron chi connectivity index (χ2n) is 6.36. The number of carbonyl (C=O) groups is 1. The van der Waals surface area contributed by atoms with E-state index in [1.54, 1.807) is 18.3 Å². The third-order valence-corrected chi connectivity index (χ3v) is 4.16. The molecule has 5 nitrogen and oxygen atoms in total. The fourth-order valence-corrected chi connectivity index (χ4v) is 3.04. The molecular formula is C19H26Cl2N4O. The van der Waals surface area contributed by atoms with Crippen LogP contribution in [0.2, 0.25) is 0 Å². The normalized spacial score (nSPS) is 15.3. The lowest BCUT2D eigenvalue weighted by Gasteiger charge is -2.27. The van der Waals surface area contributed by atoms with Gasteiger partial charge in [0.1, 0.15) is 5.82 Å². The van der Waals surface area contributed by atoms with Gasteiger partial charge in [-0.15, -0.1) is 24.8 Å². The first kappa shape index (κ1) is 22.2. The Morgan fingerprint density at radius 1 is 1.23 bits per heavy atom. The Morgan fingerprint density at radius 3 is 2.77 bits per heavy atom. The number of hydrogen-bond donors (Lipinski definition) is 3. The van der Waals surface area contributed by atoms with Gasteiger partial charge < -0.3 is 16.0 Å². The Bertz CT molecular complexity index is 724. The second kappa shape index (κ2) is 10.4. The van der Waals surface area contributed by atoms with Crippen molar-refractivity contribution in [3.63, 3.8) is 0 Å². The highest BCUT2D eigenvalue weighted by Gasteiger charge is 2.20. The van der Waals surface area contributed by atoms with Crippen LogP contribution in [-0.2, 0) is 6.42 Å². The average molecular weight is 397 g/mol. The van der Waals surface area contributed by atoms with Crippen molar-refractivity contribution >= 4 is 36.5 Å². The number of halogens is 2. The van der Waals surface area contributed by atoms with Gasteiger partial charge in [-0.1, -0.05) is 24.3 Å². The van der Waals surface area contributed by atoms with Crippen LogP contribution in [0.3, 0.4) is 0 Å². The van der Waals surface area contributed by atoms with Crippen LogP contribution in [0, 0.1) is 0 Å². The molecule has 1 amide bonds. The molecule has 1 aliphatic heterocycles. The average Bonchev–Trinajstić information content (AvgIpc) is 2.59. The molecule has 1 aromatic heterocycles. The molecule has 0 spiro atoms. The van der Waals surface area contributed by atoms with E-state index >= 15 is 0 Å². The van der Waals surface area contributed by atoms with Gasteiger partial charge >= 0.3 is 0 Å². The van der Waals surface area contributed by atoms with Crippen molar-refractivity contribution < 1.29 is 4.79 Å². The highest BCUT2D eigenvalue weighted by Crippen LogP contribution is 2.22. The summed E-state index contributed by atoms with van der Waals surface area (Å²) in [6, 6.07) is 12.4. The largest absolute Gasteiger partial charge is 0.367 e. The summed E-state index contributed by atoms with van der Waals surface area (Å²) in [6.45, 7) is 5.55. The molecule has 3 rings (SSSR count). The van der Waals surface area contributed by atoms with Gasteiger partial charge in [-0.05, 0) is 50.1 Å². The molecule has 0 saturated heterocycles. The zero-order valence-corrected chi connectivity index (χ0v) is 16.6. The molecule has 2 heterocycles. The number of hydrogen-bond acceptors (Lipinski definition) is 4. The maximum Gasteiger partial charge on any atom is 0.255 e. The summed E-state index contributed by atoms with van der Waals surface area (Å²) in [5.41, 5.74) is 3.21. The summed E-state index contributed by atoms with van der Waals surface area (Å²) in [6.07, 6.45) is 2.73. The van der Waals surface area contributed by atoms with Crippen molar-refractivity contribution in [1.29, 1.82) is 0 Å². The predicted molar refractivity (Wildman–Crippen MR) is 111 cm³/mol. The van der Waals surface area contributed by atoms with E-state index in [0.717, 1.165) is 13.0 Å². The van der Waals surface area contributed by atoms with Crippen LogP contribution in [0.5, 0.6) is 0 Å². The molecule has 2 aromatic rings. The minimum atomic E-state index is -0.101. The van der Waals surface area contributed by atoms with E-state index in [1.807, 2.05) is 19.9 Å². The molecule has 0 saturated carbocycles. The van der Waals surface area contributed by atoms with Crippen LogP contribution in [0.25, 0.3) is 0 Å². The summed E-state index contributed by atoms with van der Waals surface area (Å²) >= 11 is 0. The number of fused-ring (bicyclic) bond motifs is 1. The maximum absolute atomic E-state index is 12.6. The lowest BCUT2D eigenvalue weighted by molar-refractivity contribution is 0.0949. The molecule has 142 valence electrons. The Labute approximate surface area is 167 Å². The number of rotatable bonds is 5. The molecule has 1 atom stereocenters. The molecule has 26 heavy (non-hydrogen) atoms. The molecule has 7 heteroatoms. The van der Waals surface area contributed by atoms with Crippen molar-refractivity contribution in [2.75, 3.05) is 18.4 Å². The zero-order chi connectivity index (χ0) is 16.9. The molecule has 0 fully saturated rings. The van der Waals surface area contributed by atoms with E-state index in [2.05, 4.69) is 39.1 Å². The van der Waals surface area contributed by atoms with Crippen molar-refractivity contribution in [1.82, 2.24) is 15.6 Å². The van der Waals surface area contributed by atoms with Crippen molar-refractivity contribution in [2.45, 2.75) is 32.4 Å². The van der Waals surface area contributed by atoms with Gasteiger partial charge in [0.05, 0.1) is 5.56 Å². The molecule has 0 aliphatic carbocycles. The summed E-state index contributed by atoms with van der Waals surface area (Å²) in [5, 5.41) is 9.75. The van der Waals surface area contributed by atoms with Gasteiger partial charge in [0, 0.05) is 24.8 Å². The molecule has 1 unspecified atom stereocenters. The lowest BCUT2D eigenvalue weighted by atomic mass is 9.94. The first-order valence-corrected chi connectivity index (χ1v) is 8.46. The predicted octanol–water partition coefficient (Wildman–Crippen LogP) is 3.36. The Morgan fingerprint density at radius 2 is 2.00 bits per heavy atom. The van der Waals surface area contributed by atoms with Crippen LogP contribution in [-0.4, -0.2) is 30.0 Å². The van der Waals surface area contributed by atoms with E-state index < -0.39 is 0 Å². The van der Waals surface area contributed by atoms with E-state index in [0.29, 0.717) is 17.9 Å². The highest BCUT2D eigenvalue weighted by atomic mass is 35.5. The molecular weight excluding hydrogens is 371 g/mol. The topological polar surface area (TPSA) is 66.0 Å². The fraction of sp³-hybridized carbons (Fsp3) is 0.368. The standard InChI is InChI=1S/C19H24N4O.2ClH/c1-13(2)23-18-16(8-5-10-21-18)19(24)22-12-17-15-7-4-3-6-14(15)9-11-20-17;;/h3-8,10,13,17,20H,9,11-12H2,1-2H3,(H,21,23)(H,22,24);2*1H. The van der Waals surface area contributed by atoms with Gasteiger partial charge in [0.25, 0.3) is 5.91 Å². The van der Waals surface area contributed by atoms with E-state index in [1.165, 1.54) is 11.1 Å². The Kier molecular flexibility index (Phi) is 8.85. The van der Waals surface area contributed by atoms with Gasteiger partial charge in [0.2, 0.25) is 0 Å². The van der Waals surface area contributed by atoms with Gasteiger partial charge in [-0.25, -0.2) is 4.98 Å². The van der Waals surface area contributed by atoms with E-state index in [4.69, 9.17) is 0 Å². The minimum absolute atomic E-state index is 0. The number of nitrogens with zero attached hydrogens (tertiary/aromatic N) is 1. The summed E-state index contributed by atoms with van der Waals surface area (Å²) in [7, 11) is 0. The van der Waals surface area contributed by atoms with Gasteiger partial charge in [-0.2, -0.15) is 0 Å². The number of nitrogens with one attached hydrogen (secondary N) is 3. The van der Waals surface area contributed by atoms with E-state index in [-0.39, 0.29) is 42.8 Å². The van der Waals surface area contributed by atoms with Crippen molar-refractivity contribution in [3.8, 4) is 0 Å². The SMILES string of the molecule is CC(C)Nc1ncccc1C(=O)NCC1NCCc2ccccc21.Cl.Cl.